The summed E-state index contributed by atoms with van der Waals surface area (Å²) in [5.41, 5.74) is 0. The fraction of sp³-hybridized carbons (Fsp3) is 0.778. The molecule has 4 nitrogen and oxygen atoms in total. The summed E-state index contributed by atoms with van der Waals surface area (Å²) >= 11 is 1.58. The summed E-state index contributed by atoms with van der Waals surface area (Å²) in [6, 6.07) is 0. The molecule has 0 aromatic heterocycles. The van der Waals surface area contributed by atoms with E-state index in [-0.39, 0.29) is 5.91 Å². The summed E-state index contributed by atoms with van der Waals surface area (Å²) in [5, 5.41) is 11.5. The Morgan fingerprint density at radius 2 is 2.07 bits per heavy atom. The average Bonchev–Trinajstić information content (AvgIpc) is 2.01. The second kappa shape index (κ2) is 5.24. The van der Waals surface area contributed by atoms with E-state index >= 15 is 0 Å². The van der Waals surface area contributed by atoms with Crippen LogP contribution in [0.2, 0.25) is 0 Å². The smallest absolute Gasteiger partial charge is 0.243 e. The molecule has 0 bridgehead atoms. The van der Waals surface area contributed by atoms with Crippen LogP contribution in [0.4, 0.5) is 0 Å². The molecule has 0 aliphatic carbocycles. The Balaban J connectivity index is 4.49. The highest BCUT2D eigenvalue weighted by Gasteiger charge is 2.31. The van der Waals surface area contributed by atoms with Gasteiger partial charge in [-0.1, -0.05) is 19.0 Å². The van der Waals surface area contributed by atoms with Gasteiger partial charge in [-0.05, 0) is 13.8 Å². The number of hydrogen-bond donors (Lipinski definition) is 1. The molecule has 0 heterocycles. The normalized spacial score (nSPS) is 12.4. The highest BCUT2D eigenvalue weighted by molar-refractivity contribution is 8.01. The molecule has 0 rings (SSSR count). The Bertz CT molecular complexity index is 227. The molecular weight excluding hydrogens is 200 g/mol. The zero-order valence-electron chi connectivity index (χ0n) is 9.31. The van der Waals surface area contributed by atoms with Crippen molar-refractivity contribution in [1.29, 1.82) is 0 Å². The molecule has 14 heavy (non-hydrogen) atoms. The van der Waals surface area contributed by atoms with Gasteiger partial charge in [0.25, 0.3) is 0 Å². The molecule has 0 aromatic rings. The van der Waals surface area contributed by atoms with Crippen molar-refractivity contribution in [3.63, 3.8) is 0 Å². The molecule has 0 saturated carbocycles. The van der Waals surface area contributed by atoms with E-state index in [1.165, 1.54) is 4.90 Å². The lowest BCUT2D eigenvalue weighted by Gasteiger charge is -2.27. The zero-order chi connectivity index (χ0) is 11.4. The summed E-state index contributed by atoms with van der Waals surface area (Å²) in [6.45, 7) is 7.81. The first-order chi connectivity index (χ1) is 6.31. The van der Waals surface area contributed by atoms with Crippen LogP contribution in [0.3, 0.4) is 0 Å². The second-order valence-corrected chi connectivity index (χ2v) is 6.02. The van der Waals surface area contributed by atoms with Crippen molar-refractivity contribution < 1.29 is 10.0 Å². The van der Waals surface area contributed by atoms with E-state index in [9.17, 15) is 4.79 Å². The third-order valence-electron chi connectivity index (χ3n) is 1.59. The first kappa shape index (κ1) is 13.3. The highest BCUT2D eigenvalue weighted by Crippen LogP contribution is 2.29. The van der Waals surface area contributed by atoms with Crippen LogP contribution in [0.15, 0.2) is 5.16 Å². The van der Waals surface area contributed by atoms with Gasteiger partial charge in [0.2, 0.25) is 5.91 Å². The number of nitrogens with zero attached hydrogens (tertiary/aromatic N) is 2. The number of oxime groups is 1. The van der Waals surface area contributed by atoms with Gasteiger partial charge in [0.15, 0.2) is 0 Å². The van der Waals surface area contributed by atoms with Crippen LogP contribution in [0.25, 0.3) is 0 Å². The lowest BCUT2D eigenvalue weighted by molar-refractivity contribution is -0.127. The summed E-state index contributed by atoms with van der Waals surface area (Å²) in [5.74, 6) is -0.0750. The number of thioether (sulfide) groups is 1. The number of carbonyl (C=O) groups excluding carboxylic acids is 1. The van der Waals surface area contributed by atoms with Gasteiger partial charge in [0.1, 0.15) is 6.34 Å². The predicted molar refractivity (Wildman–Crippen MR) is 59.9 cm³/mol. The van der Waals surface area contributed by atoms with E-state index in [2.05, 4.69) is 5.16 Å². The number of amides is 1. The van der Waals surface area contributed by atoms with Gasteiger partial charge in [-0.25, -0.2) is 0 Å². The van der Waals surface area contributed by atoms with Gasteiger partial charge < -0.3 is 10.1 Å². The molecule has 5 heteroatoms. The van der Waals surface area contributed by atoms with Crippen LogP contribution in [0.1, 0.15) is 27.7 Å². The van der Waals surface area contributed by atoms with Crippen molar-refractivity contribution in [3.05, 3.63) is 0 Å². The van der Waals surface area contributed by atoms with Gasteiger partial charge in [-0.2, -0.15) is 0 Å². The van der Waals surface area contributed by atoms with E-state index in [4.69, 9.17) is 5.21 Å². The molecule has 0 aliphatic heterocycles. The van der Waals surface area contributed by atoms with E-state index in [0.717, 1.165) is 6.34 Å². The summed E-state index contributed by atoms with van der Waals surface area (Å²) < 4.78 is -0.496. The van der Waals surface area contributed by atoms with Crippen molar-refractivity contribution in [1.82, 2.24) is 4.90 Å². The zero-order valence-corrected chi connectivity index (χ0v) is 10.1. The number of hydrogen-bond acceptors (Lipinski definition) is 4. The summed E-state index contributed by atoms with van der Waals surface area (Å²) in [4.78, 5) is 13.1. The minimum absolute atomic E-state index is 0.0750. The van der Waals surface area contributed by atoms with E-state index < -0.39 is 4.75 Å². The Labute approximate surface area is 89.3 Å². The molecule has 0 aromatic carbocycles. The van der Waals surface area contributed by atoms with Crippen LogP contribution < -0.4 is 0 Å². The number of rotatable bonds is 4. The fourth-order valence-electron chi connectivity index (χ4n) is 1.19. The van der Waals surface area contributed by atoms with Gasteiger partial charge >= 0.3 is 0 Å². The minimum Gasteiger partial charge on any atom is -0.410 e. The van der Waals surface area contributed by atoms with E-state index in [1.54, 1.807) is 18.8 Å². The van der Waals surface area contributed by atoms with Crippen molar-refractivity contribution >= 4 is 24.0 Å². The molecule has 0 saturated heterocycles. The third kappa shape index (κ3) is 4.00. The van der Waals surface area contributed by atoms with Crippen LogP contribution in [0, 0.1) is 0 Å². The monoisotopic (exact) mass is 218 g/mol. The number of carbonyl (C=O) groups is 1. The third-order valence-corrected chi connectivity index (χ3v) is 2.83. The Morgan fingerprint density at radius 1 is 1.57 bits per heavy atom. The lowest BCUT2D eigenvalue weighted by atomic mass is 10.2. The van der Waals surface area contributed by atoms with Crippen LogP contribution in [0.5, 0.6) is 0 Å². The van der Waals surface area contributed by atoms with Crippen molar-refractivity contribution in [2.75, 3.05) is 7.05 Å². The molecule has 82 valence electrons. The maximum atomic E-state index is 11.8. The quantitative estimate of drug-likeness (QED) is 0.339. The van der Waals surface area contributed by atoms with Crippen molar-refractivity contribution in [2.24, 2.45) is 5.16 Å². The standard InChI is InChI=1S/C9H18N2O2S/c1-7(2)14-9(3,4)8(12)11(5)6-10-13/h6-7,13H,1-5H3. The van der Waals surface area contributed by atoms with Crippen LogP contribution in [-0.4, -0.2) is 39.4 Å². The van der Waals surface area contributed by atoms with E-state index in [0.29, 0.717) is 5.25 Å². The van der Waals surface area contributed by atoms with Crippen LogP contribution >= 0.6 is 11.8 Å². The first-order valence-corrected chi connectivity index (χ1v) is 5.32. The van der Waals surface area contributed by atoms with Gasteiger partial charge in [-0.15, -0.1) is 11.8 Å². The maximum absolute atomic E-state index is 11.8. The van der Waals surface area contributed by atoms with Gasteiger partial charge in [0, 0.05) is 12.3 Å². The molecule has 0 radical (unpaired) electrons. The summed E-state index contributed by atoms with van der Waals surface area (Å²) in [7, 11) is 1.57. The molecule has 1 amide bonds. The Hall–Kier alpha value is -0.710. The molecule has 1 N–H and O–H groups in total. The Morgan fingerprint density at radius 3 is 2.43 bits per heavy atom. The lowest BCUT2D eigenvalue weighted by Crippen LogP contribution is -2.41. The van der Waals surface area contributed by atoms with Crippen molar-refractivity contribution in [2.45, 2.75) is 37.7 Å². The van der Waals surface area contributed by atoms with Crippen LogP contribution in [-0.2, 0) is 4.79 Å². The maximum Gasteiger partial charge on any atom is 0.243 e. The average molecular weight is 218 g/mol. The molecule has 0 fully saturated rings. The largest absolute Gasteiger partial charge is 0.410 e. The van der Waals surface area contributed by atoms with E-state index in [1.807, 2.05) is 27.7 Å². The topological polar surface area (TPSA) is 52.9 Å². The highest BCUT2D eigenvalue weighted by atomic mass is 32.2. The molecule has 0 spiro atoms. The SMILES string of the molecule is CC(C)SC(C)(C)C(=O)N(C)C=NO. The predicted octanol–water partition coefficient (Wildman–Crippen LogP) is 1.78. The molecule has 0 atom stereocenters. The first-order valence-electron chi connectivity index (χ1n) is 4.44. The van der Waals surface area contributed by atoms with Crippen molar-refractivity contribution in [3.8, 4) is 0 Å². The minimum atomic E-state index is -0.496. The van der Waals surface area contributed by atoms with Gasteiger partial charge in [0.05, 0.1) is 4.75 Å². The fourth-order valence-corrected chi connectivity index (χ4v) is 2.62. The molecule has 0 aliphatic rings. The summed E-state index contributed by atoms with van der Waals surface area (Å²) in [6.07, 6.45) is 1.10. The van der Waals surface area contributed by atoms with Gasteiger partial charge in [-0.3, -0.25) is 4.79 Å². The molecule has 0 unspecified atom stereocenters. The Kier molecular flexibility index (Phi) is 4.97. The second-order valence-electron chi connectivity index (χ2n) is 3.82. The molecular formula is C9H18N2O2S.